The first-order chi connectivity index (χ1) is 12.7. The second-order valence-corrected chi connectivity index (χ2v) is 7.89. The minimum Gasteiger partial charge on any atom is -0.356 e. The Bertz CT molecular complexity index is 793. The van der Waals surface area contributed by atoms with Gasteiger partial charge in [0.2, 0.25) is 5.91 Å². The number of rotatable bonds is 5. The highest BCUT2D eigenvalue weighted by Crippen LogP contribution is 2.34. The molecule has 6 heteroatoms. The van der Waals surface area contributed by atoms with Crippen LogP contribution in [0.4, 0.5) is 5.82 Å². The highest BCUT2D eigenvalue weighted by molar-refractivity contribution is 5.82. The van der Waals surface area contributed by atoms with Crippen LogP contribution in [-0.4, -0.2) is 40.1 Å². The van der Waals surface area contributed by atoms with Crippen molar-refractivity contribution in [2.45, 2.75) is 52.4 Å². The van der Waals surface area contributed by atoms with Gasteiger partial charge in [0.25, 0.3) is 0 Å². The summed E-state index contributed by atoms with van der Waals surface area (Å²) in [6.45, 7) is 6.81. The van der Waals surface area contributed by atoms with Crippen molar-refractivity contribution in [3.05, 3.63) is 23.5 Å². The van der Waals surface area contributed by atoms with Gasteiger partial charge in [-0.15, -0.1) is 0 Å². The molecule has 1 saturated heterocycles. The molecule has 140 valence electrons. The Balaban J connectivity index is 1.56. The number of carbonyl (C=O) groups excluding carboxylic acids is 1. The summed E-state index contributed by atoms with van der Waals surface area (Å²) in [4.78, 5) is 19.5. The largest absolute Gasteiger partial charge is 0.356 e. The summed E-state index contributed by atoms with van der Waals surface area (Å²) in [5.74, 6) is 2.19. The molecular formula is C20H29N5O. The van der Waals surface area contributed by atoms with Crippen LogP contribution >= 0.6 is 0 Å². The van der Waals surface area contributed by atoms with Crippen LogP contribution in [-0.2, 0) is 17.6 Å². The highest BCUT2D eigenvalue weighted by atomic mass is 16.2. The standard InChI is InChI=1S/C20H29N5O/c1-3-4-10-21-19(26)15-12-24(13-15)20-16-7-5-14(2)6-8-17(16)23-18-9-11-22-25(18)20/h9,11,14-15H,3-8,10,12-13H2,1-2H3,(H,21,26). The number of fused-ring (bicyclic) bond motifs is 2. The normalized spacial score (nSPS) is 20.5. The van der Waals surface area contributed by atoms with Crippen molar-refractivity contribution >= 4 is 17.4 Å². The van der Waals surface area contributed by atoms with E-state index in [9.17, 15) is 4.79 Å². The lowest BCUT2D eigenvalue weighted by atomic mass is 9.97. The molecule has 1 amide bonds. The van der Waals surface area contributed by atoms with Gasteiger partial charge in [-0.1, -0.05) is 20.3 Å². The van der Waals surface area contributed by atoms with E-state index in [-0.39, 0.29) is 11.8 Å². The Hall–Kier alpha value is -2.11. The Morgan fingerprint density at radius 1 is 1.31 bits per heavy atom. The number of anilines is 1. The lowest BCUT2D eigenvalue weighted by Crippen LogP contribution is -2.54. The number of carbonyl (C=O) groups is 1. The fourth-order valence-corrected chi connectivity index (χ4v) is 4.06. The van der Waals surface area contributed by atoms with Crippen molar-refractivity contribution in [1.29, 1.82) is 0 Å². The van der Waals surface area contributed by atoms with Gasteiger partial charge >= 0.3 is 0 Å². The van der Waals surface area contributed by atoms with Crippen LogP contribution in [0.15, 0.2) is 12.3 Å². The minimum atomic E-state index is 0.0889. The van der Waals surface area contributed by atoms with Gasteiger partial charge in [-0.3, -0.25) is 4.79 Å². The number of unbranched alkanes of at least 4 members (excludes halogenated alkanes) is 1. The van der Waals surface area contributed by atoms with Gasteiger partial charge in [0.05, 0.1) is 12.1 Å². The van der Waals surface area contributed by atoms with Gasteiger partial charge in [-0.05, 0) is 38.0 Å². The number of amides is 1. The molecule has 0 radical (unpaired) electrons. The van der Waals surface area contributed by atoms with Gasteiger partial charge in [0.15, 0.2) is 5.65 Å². The summed E-state index contributed by atoms with van der Waals surface area (Å²) in [6.07, 6.45) is 8.47. The van der Waals surface area contributed by atoms with Gasteiger partial charge < -0.3 is 10.2 Å². The molecule has 0 aromatic carbocycles. The maximum absolute atomic E-state index is 12.3. The topological polar surface area (TPSA) is 62.5 Å². The van der Waals surface area contributed by atoms with Crippen LogP contribution in [0.25, 0.3) is 5.65 Å². The average molecular weight is 355 g/mol. The van der Waals surface area contributed by atoms with Gasteiger partial charge in [-0.2, -0.15) is 9.61 Å². The van der Waals surface area contributed by atoms with Crippen molar-refractivity contribution in [3.63, 3.8) is 0 Å². The first kappa shape index (κ1) is 17.3. The molecule has 2 aliphatic rings. The quantitative estimate of drug-likeness (QED) is 0.661. The van der Waals surface area contributed by atoms with Crippen molar-refractivity contribution in [2.24, 2.45) is 11.8 Å². The molecule has 1 N–H and O–H groups in total. The first-order valence-electron chi connectivity index (χ1n) is 10.1. The molecule has 1 atom stereocenters. The molecule has 1 aliphatic carbocycles. The number of hydrogen-bond donors (Lipinski definition) is 1. The van der Waals surface area contributed by atoms with Crippen LogP contribution in [0.3, 0.4) is 0 Å². The minimum absolute atomic E-state index is 0.0889. The van der Waals surface area contributed by atoms with Crippen molar-refractivity contribution in [2.75, 3.05) is 24.5 Å². The molecule has 0 saturated carbocycles. The second-order valence-electron chi connectivity index (χ2n) is 7.89. The van der Waals surface area contributed by atoms with Crippen LogP contribution < -0.4 is 10.2 Å². The average Bonchev–Trinajstić information content (AvgIpc) is 2.97. The molecule has 0 bridgehead atoms. The SMILES string of the molecule is CCCCNC(=O)C1CN(c2c3c(nc4ccnn24)CCC(C)CC3)C1. The zero-order chi connectivity index (χ0) is 18.1. The zero-order valence-corrected chi connectivity index (χ0v) is 15.9. The predicted molar refractivity (Wildman–Crippen MR) is 102 cm³/mol. The molecule has 1 unspecified atom stereocenters. The van der Waals surface area contributed by atoms with Gasteiger partial charge in [0, 0.05) is 37.0 Å². The fourth-order valence-electron chi connectivity index (χ4n) is 4.06. The highest BCUT2D eigenvalue weighted by Gasteiger charge is 2.36. The summed E-state index contributed by atoms with van der Waals surface area (Å²) < 4.78 is 1.97. The second kappa shape index (κ2) is 7.25. The third-order valence-corrected chi connectivity index (χ3v) is 5.83. The lowest BCUT2D eigenvalue weighted by Gasteiger charge is -2.41. The number of aromatic nitrogens is 3. The summed E-state index contributed by atoms with van der Waals surface area (Å²) >= 11 is 0. The van der Waals surface area contributed by atoms with Gasteiger partial charge in [-0.25, -0.2) is 4.98 Å². The molecule has 6 nitrogen and oxygen atoms in total. The number of nitrogens with zero attached hydrogens (tertiary/aromatic N) is 4. The summed E-state index contributed by atoms with van der Waals surface area (Å²) in [5.41, 5.74) is 3.49. The van der Waals surface area contributed by atoms with E-state index in [4.69, 9.17) is 4.98 Å². The van der Waals surface area contributed by atoms with Crippen LogP contribution in [0.2, 0.25) is 0 Å². The fraction of sp³-hybridized carbons (Fsp3) is 0.650. The lowest BCUT2D eigenvalue weighted by molar-refractivity contribution is -0.125. The Morgan fingerprint density at radius 3 is 2.92 bits per heavy atom. The van der Waals surface area contributed by atoms with Crippen molar-refractivity contribution < 1.29 is 4.79 Å². The molecule has 2 aromatic heterocycles. The molecule has 0 spiro atoms. The molecule has 2 aromatic rings. The summed E-state index contributed by atoms with van der Waals surface area (Å²) in [7, 11) is 0. The third-order valence-electron chi connectivity index (χ3n) is 5.83. The number of hydrogen-bond acceptors (Lipinski definition) is 4. The Morgan fingerprint density at radius 2 is 2.12 bits per heavy atom. The molecule has 1 fully saturated rings. The monoisotopic (exact) mass is 355 g/mol. The van der Waals surface area contributed by atoms with Crippen molar-refractivity contribution in [3.8, 4) is 0 Å². The summed E-state index contributed by atoms with van der Waals surface area (Å²) in [5, 5.41) is 7.59. The number of nitrogens with one attached hydrogen (secondary N) is 1. The molecule has 26 heavy (non-hydrogen) atoms. The van der Waals surface area contributed by atoms with Crippen LogP contribution in [0, 0.1) is 11.8 Å². The third kappa shape index (κ3) is 3.17. The molecule has 4 rings (SSSR count). The van der Waals surface area contributed by atoms with E-state index in [0.717, 1.165) is 56.9 Å². The van der Waals surface area contributed by atoms with E-state index in [1.807, 2.05) is 16.8 Å². The van der Waals surface area contributed by atoms with Gasteiger partial charge in [0.1, 0.15) is 5.82 Å². The first-order valence-corrected chi connectivity index (χ1v) is 10.1. The maximum Gasteiger partial charge on any atom is 0.226 e. The summed E-state index contributed by atoms with van der Waals surface area (Å²) in [6, 6.07) is 1.98. The number of aryl methyl sites for hydroxylation is 1. The van der Waals surface area contributed by atoms with Crippen LogP contribution in [0.1, 0.15) is 50.8 Å². The Kier molecular flexibility index (Phi) is 4.83. The van der Waals surface area contributed by atoms with E-state index < -0.39 is 0 Å². The predicted octanol–water partition coefficient (Wildman–Crippen LogP) is 2.60. The maximum atomic E-state index is 12.3. The molecule has 3 heterocycles. The van der Waals surface area contributed by atoms with Crippen LogP contribution in [0.5, 0.6) is 0 Å². The van der Waals surface area contributed by atoms with E-state index in [1.54, 1.807) is 0 Å². The molecule has 1 aliphatic heterocycles. The van der Waals surface area contributed by atoms with E-state index in [0.29, 0.717) is 0 Å². The van der Waals surface area contributed by atoms with E-state index in [1.165, 1.54) is 29.9 Å². The van der Waals surface area contributed by atoms with E-state index in [2.05, 4.69) is 29.2 Å². The smallest absolute Gasteiger partial charge is 0.226 e. The zero-order valence-electron chi connectivity index (χ0n) is 15.9. The van der Waals surface area contributed by atoms with Crippen molar-refractivity contribution in [1.82, 2.24) is 19.9 Å². The van der Waals surface area contributed by atoms with E-state index >= 15 is 0 Å². The molecular weight excluding hydrogens is 326 g/mol. The Labute approximate surface area is 155 Å².